The molecule has 0 spiro atoms. The fourth-order valence-corrected chi connectivity index (χ4v) is 3.73. The zero-order valence-electron chi connectivity index (χ0n) is 17.8. The van der Waals surface area contributed by atoms with Crippen molar-refractivity contribution in [2.24, 2.45) is 0 Å². The van der Waals surface area contributed by atoms with E-state index in [9.17, 15) is 19.5 Å². The maximum atomic E-state index is 12.9. The molecule has 1 aliphatic heterocycles. The molecular formula is C26H18N4O4. The van der Waals surface area contributed by atoms with Crippen molar-refractivity contribution < 1.29 is 19.5 Å². The second-order valence-electron chi connectivity index (χ2n) is 7.74. The van der Waals surface area contributed by atoms with Gasteiger partial charge in [0.05, 0.1) is 35.8 Å². The smallest absolute Gasteiger partial charge is 0.261 e. The molecule has 1 aliphatic rings. The number of carbonyl (C=O) groups is 3. The van der Waals surface area contributed by atoms with Gasteiger partial charge in [0.2, 0.25) is 0 Å². The molecule has 166 valence electrons. The first-order valence-corrected chi connectivity index (χ1v) is 10.5. The van der Waals surface area contributed by atoms with E-state index in [4.69, 9.17) is 0 Å². The molecule has 34 heavy (non-hydrogen) atoms. The number of amides is 3. The van der Waals surface area contributed by atoms with Crippen LogP contribution in [0.2, 0.25) is 0 Å². The summed E-state index contributed by atoms with van der Waals surface area (Å²) in [7, 11) is 0. The second kappa shape index (κ2) is 8.59. The molecule has 2 heterocycles. The Hall–Kier alpha value is -4.85. The minimum Gasteiger partial charge on any atom is -0.508 e. The normalized spacial score (nSPS) is 12.5. The summed E-state index contributed by atoms with van der Waals surface area (Å²) >= 11 is 0. The van der Waals surface area contributed by atoms with E-state index in [1.807, 2.05) is 30.3 Å². The monoisotopic (exact) mass is 450 g/mol. The first kappa shape index (κ1) is 21.0. The predicted octanol–water partition coefficient (Wildman–Crippen LogP) is 3.90. The van der Waals surface area contributed by atoms with Crippen LogP contribution in [0.5, 0.6) is 5.75 Å². The molecule has 0 atom stereocenters. The van der Waals surface area contributed by atoms with E-state index in [1.165, 1.54) is 41.6 Å². The van der Waals surface area contributed by atoms with Crippen LogP contribution in [-0.4, -0.2) is 37.7 Å². The lowest BCUT2D eigenvalue weighted by atomic mass is 10.1. The summed E-state index contributed by atoms with van der Waals surface area (Å²) in [6.07, 6.45) is 2.90. The number of aromatic hydroxyl groups is 1. The number of aromatic nitrogens is 2. The Balaban J connectivity index is 1.32. The molecule has 3 amide bonds. The number of rotatable bonds is 5. The van der Waals surface area contributed by atoms with Gasteiger partial charge in [-0.3, -0.25) is 19.3 Å². The van der Waals surface area contributed by atoms with Gasteiger partial charge in [-0.1, -0.05) is 42.5 Å². The number of hydrogen-bond donors (Lipinski definition) is 2. The van der Waals surface area contributed by atoms with Crippen LogP contribution in [0, 0.1) is 0 Å². The molecule has 3 aromatic carbocycles. The highest BCUT2D eigenvalue weighted by Gasteiger charge is 2.36. The van der Waals surface area contributed by atoms with Gasteiger partial charge in [-0.2, -0.15) is 0 Å². The fourth-order valence-electron chi connectivity index (χ4n) is 3.73. The molecule has 1 aromatic heterocycles. The number of nitrogens with one attached hydrogen (secondary N) is 1. The Kier molecular flexibility index (Phi) is 5.31. The number of fused-ring (bicyclic) bond motifs is 1. The van der Waals surface area contributed by atoms with Crippen molar-refractivity contribution in [1.82, 2.24) is 14.9 Å². The average Bonchev–Trinajstić information content (AvgIpc) is 3.09. The number of nitrogens with zero attached hydrogens (tertiary/aromatic N) is 3. The van der Waals surface area contributed by atoms with Gasteiger partial charge in [0.15, 0.2) is 5.82 Å². The van der Waals surface area contributed by atoms with Crippen LogP contribution < -0.4 is 5.32 Å². The maximum Gasteiger partial charge on any atom is 0.261 e. The van der Waals surface area contributed by atoms with Crippen LogP contribution >= 0.6 is 0 Å². The minimum absolute atomic E-state index is 0.102. The van der Waals surface area contributed by atoms with Crippen molar-refractivity contribution in [3.05, 3.63) is 107 Å². The number of benzene rings is 3. The first-order valence-electron chi connectivity index (χ1n) is 10.5. The largest absolute Gasteiger partial charge is 0.508 e. The van der Waals surface area contributed by atoms with Gasteiger partial charge in [-0.05, 0) is 35.9 Å². The van der Waals surface area contributed by atoms with E-state index >= 15 is 0 Å². The van der Waals surface area contributed by atoms with Gasteiger partial charge < -0.3 is 10.4 Å². The summed E-state index contributed by atoms with van der Waals surface area (Å²) in [6.45, 7) is 0.164. The molecule has 4 aromatic rings. The number of carbonyl (C=O) groups excluding carboxylic acids is 3. The van der Waals surface area contributed by atoms with E-state index in [0.29, 0.717) is 17.1 Å². The van der Waals surface area contributed by atoms with E-state index in [-0.39, 0.29) is 34.9 Å². The zero-order chi connectivity index (χ0) is 23.7. The summed E-state index contributed by atoms with van der Waals surface area (Å²) in [4.78, 5) is 48.0. The van der Waals surface area contributed by atoms with Gasteiger partial charge in [-0.15, -0.1) is 0 Å². The molecule has 8 nitrogen and oxygen atoms in total. The number of anilines is 1. The Morgan fingerprint density at radius 2 is 1.59 bits per heavy atom. The summed E-state index contributed by atoms with van der Waals surface area (Å²) in [5.41, 5.74) is 2.55. The molecule has 8 heteroatoms. The number of hydrogen-bond acceptors (Lipinski definition) is 6. The van der Waals surface area contributed by atoms with Crippen LogP contribution in [0.25, 0.3) is 11.4 Å². The second-order valence-corrected chi connectivity index (χ2v) is 7.74. The molecule has 5 rings (SSSR count). The molecule has 0 saturated heterocycles. The Morgan fingerprint density at radius 3 is 2.32 bits per heavy atom. The number of phenolic OH excluding ortho intramolecular Hbond substituents is 1. The highest BCUT2D eigenvalue weighted by molar-refractivity contribution is 6.22. The standard InChI is InChI=1S/C26H18N4O4/c31-20-8-4-7-17(11-20)23-27-13-19(14-28-23)29-24(32)18-9-10-21-22(12-18)26(34)30(25(21)33)15-16-5-2-1-3-6-16/h1-14,31H,15H2,(H,29,32). The van der Waals surface area contributed by atoms with Gasteiger partial charge in [0.25, 0.3) is 17.7 Å². The average molecular weight is 450 g/mol. The highest BCUT2D eigenvalue weighted by Crippen LogP contribution is 2.26. The van der Waals surface area contributed by atoms with E-state index in [0.717, 1.165) is 5.56 Å². The molecule has 0 aliphatic carbocycles. The van der Waals surface area contributed by atoms with Crippen LogP contribution in [0.15, 0.2) is 85.2 Å². The predicted molar refractivity (Wildman–Crippen MR) is 124 cm³/mol. The molecule has 0 unspecified atom stereocenters. The zero-order valence-corrected chi connectivity index (χ0v) is 17.8. The molecule has 0 saturated carbocycles. The van der Waals surface area contributed by atoms with Crippen LogP contribution in [0.3, 0.4) is 0 Å². The summed E-state index contributed by atoms with van der Waals surface area (Å²) < 4.78 is 0. The van der Waals surface area contributed by atoms with Crippen molar-refractivity contribution in [3.63, 3.8) is 0 Å². The molecular weight excluding hydrogens is 432 g/mol. The van der Waals surface area contributed by atoms with Crippen LogP contribution in [0.4, 0.5) is 5.69 Å². The molecule has 0 fully saturated rings. The van der Waals surface area contributed by atoms with Gasteiger partial charge in [-0.25, -0.2) is 9.97 Å². The van der Waals surface area contributed by atoms with Gasteiger partial charge in [0.1, 0.15) is 5.75 Å². The third-order valence-corrected chi connectivity index (χ3v) is 5.43. The summed E-state index contributed by atoms with van der Waals surface area (Å²) in [5, 5.41) is 12.3. The maximum absolute atomic E-state index is 12.9. The van der Waals surface area contributed by atoms with Crippen LogP contribution in [-0.2, 0) is 6.54 Å². The van der Waals surface area contributed by atoms with E-state index in [2.05, 4.69) is 15.3 Å². The number of phenols is 1. The SMILES string of the molecule is O=C(Nc1cnc(-c2cccc(O)c2)nc1)c1ccc2c(c1)C(=O)N(Cc1ccccc1)C2=O. The fraction of sp³-hybridized carbons (Fsp3) is 0.0385. The third-order valence-electron chi connectivity index (χ3n) is 5.43. The van der Waals surface area contributed by atoms with Crippen molar-refractivity contribution in [1.29, 1.82) is 0 Å². The van der Waals surface area contributed by atoms with E-state index < -0.39 is 11.8 Å². The topological polar surface area (TPSA) is 112 Å². The van der Waals surface area contributed by atoms with Crippen molar-refractivity contribution in [2.45, 2.75) is 6.54 Å². The third kappa shape index (κ3) is 4.00. The van der Waals surface area contributed by atoms with Crippen molar-refractivity contribution in [2.75, 3.05) is 5.32 Å². The quantitative estimate of drug-likeness (QED) is 0.446. The van der Waals surface area contributed by atoms with Gasteiger partial charge >= 0.3 is 0 Å². The Bertz CT molecular complexity index is 1420. The lowest BCUT2D eigenvalue weighted by molar-refractivity contribution is 0.0642. The Morgan fingerprint density at radius 1 is 0.853 bits per heavy atom. The lowest BCUT2D eigenvalue weighted by Crippen LogP contribution is -2.29. The summed E-state index contributed by atoms with van der Waals surface area (Å²) in [6, 6.07) is 20.2. The van der Waals surface area contributed by atoms with Crippen LogP contribution in [0.1, 0.15) is 36.6 Å². The molecule has 2 N–H and O–H groups in total. The number of imide groups is 1. The highest BCUT2D eigenvalue weighted by atomic mass is 16.3. The van der Waals surface area contributed by atoms with Gasteiger partial charge in [0, 0.05) is 11.1 Å². The Labute approximate surface area is 194 Å². The summed E-state index contributed by atoms with van der Waals surface area (Å²) in [5.74, 6) is -0.776. The van der Waals surface area contributed by atoms with Crippen molar-refractivity contribution >= 4 is 23.4 Å². The first-order chi connectivity index (χ1) is 16.5. The molecule has 0 radical (unpaired) electrons. The van der Waals surface area contributed by atoms with E-state index in [1.54, 1.807) is 18.2 Å². The molecule has 0 bridgehead atoms. The lowest BCUT2D eigenvalue weighted by Gasteiger charge is -2.13. The van der Waals surface area contributed by atoms with Crippen molar-refractivity contribution in [3.8, 4) is 17.1 Å². The minimum atomic E-state index is -0.460.